The van der Waals surface area contributed by atoms with Crippen molar-refractivity contribution in [2.45, 2.75) is 6.61 Å². The predicted molar refractivity (Wildman–Crippen MR) is 49.9 cm³/mol. The van der Waals surface area contributed by atoms with Crippen LogP contribution in [-0.2, 0) is 6.61 Å². The number of fused-ring (bicyclic) bond motifs is 1. The zero-order valence-electron chi connectivity index (χ0n) is 6.70. The zero-order valence-corrected chi connectivity index (χ0v) is 6.70. The first-order valence-electron chi connectivity index (χ1n) is 3.99. The van der Waals surface area contributed by atoms with E-state index in [1.54, 1.807) is 0 Å². The Kier molecular flexibility index (Phi) is 1.80. The van der Waals surface area contributed by atoms with Crippen molar-refractivity contribution in [3.8, 4) is 0 Å². The lowest BCUT2D eigenvalue weighted by Gasteiger charge is -1.99. The maximum atomic E-state index is 8.90. The molecule has 0 aromatic heterocycles. The lowest BCUT2D eigenvalue weighted by molar-refractivity contribution is 0.282. The summed E-state index contributed by atoms with van der Waals surface area (Å²) in [5.41, 5.74) is 0.966. The number of aliphatic hydroxyl groups is 1. The molecule has 1 N–H and O–H groups in total. The molecule has 0 heterocycles. The van der Waals surface area contributed by atoms with Gasteiger partial charge in [0.2, 0.25) is 0 Å². The van der Waals surface area contributed by atoms with E-state index in [0.717, 1.165) is 5.56 Å². The largest absolute Gasteiger partial charge is 0.392 e. The fraction of sp³-hybridized carbons (Fsp3) is 0.0909. The number of aliphatic hydroxyl groups excluding tert-OH is 1. The van der Waals surface area contributed by atoms with Gasteiger partial charge >= 0.3 is 0 Å². The first-order valence-corrected chi connectivity index (χ1v) is 3.99. The molecule has 60 valence electrons. The highest BCUT2D eigenvalue weighted by molar-refractivity contribution is 5.82. The van der Waals surface area contributed by atoms with Gasteiger partial charge in [0.15, 0.2) is 0 Å². The van der Waals surface area contributed by atoms with Crippen LogP contribution in [-0.4, -0.2) is 5.11 Å². The molecule has 0 saturated heterocycles. The molecule has 2 rings (SSSR count). The van der Waals surface area contributed by atoms with Crippen molar-refractivity contribution in [3.63, 3.8) is 0 Å². The Morgan fingerprint density at radius 1 is 0.917 bits per heavy atom. The van der Waals surface area contributed by atoms with E-state index in [4.69, 9.17) is 5.11 Å². The smallest absolute Gasteiger partial charge is 0.0682 e. The molecule has 2 aromatic carbocycles. The molecule has 0 spiro atoms. The second-order valence-electron chi connectivity index (χ2n) is 2.84. The Balaban J connectivity index is 2.67. The van der Waals surface area contributed by atoms with Crippen LogP contribution in [0.3, 0.4) is 0 Å². The Morgan fingerprint density at radius 2 is 1.67 bits per heavy atom. The second kappa shape index (κ2) is 2.95. The lowest BCUT2D eigenvalue weighted by Crippen LogP contribution is -1.81. The van der Waals surface area contributed by atoms with E-state index in [0.29, 0.717) is 0 Å². The molecule has 0 fully saturated rings. The Bertz CT molecular complexity index is 393. The van der Waals surface area contributed by atoms with E-state index in [9.17, 15) is 0 Å². The van der Waals surface area contributed by atoms with E-state index in [1.165, 1.54) is 10.8 Å². The molecule has 0 bridgehead atoms. The predicted octanol–water partition coefficient (Wildman–Crippen LogP) is 2.33. The third-order valence-electron chi connectivity index (χ3n) is 2.00. The first-order chi connectivity index (χ1) is 5.90. The van der Waals surface area contributed by atoms with Crippen LogP contribution in [0.1, 0.15) is 5.56 Å². The van der Waals surface area contributed by atoms with E-state index in [2.05, 4.69) is 12.1 Å². The average molecular weight is 158 g/mol. The molecule has 1 nitrogen and oxygen atoms in total. The van der Waals surface area contributed by atoms with E-state index in [1.807, 2.05) is 30.3 Å². The van der Waals surface area contributed by atoms with Crippen LogP contribution in [0.25, 0.3) is 10.8 Å². The van der Waals surface area contributed by atoms with Gasteiger partial charge in [-0.1, -0.05) is 36.4 Å². The summed E-state index contributed by atoms with van der Waals surface area (Å²) < 4.78 is 0. The normalized spacial score (nSPS) is 10.4. The summed E-state index contributed by atoms with van der Waals surface area (Å²) in [6.07, 6.45) is 0. The zero-order chi connectivity index (χ0) is 8.39. The van der Waals surface area contributed by atoms with Crippen molar-refractivity contribution in [2.24, 2.45) is 0 Å². The second-order valence-corrected chi connectivity index (χ2v) is 2.84. The highest BCUT2D eigenvalue weighted by Gasteiger charge is 1.92. The molecule has 0 aliphatic heterocycles. The topological polar surface area (TPSA) is 20.2 Å². The molecule has 0 aliphatic rings. The summed E-state index contributed by atoms with van der Waals surface area (Å²) in [6, 6.07) is 14.1. The van der Waals surface area contributed by atoms with Gasteiger partial charge in [-0.15, -0.1) is 0 Å². The van der Waals surface area contributed by atoms with E-state index in [-0.39, 0.29) is 6.61 Å². The molecule has 0 amide bonds. The molecular formula is C11H10O. The minimum atomic E-state index is 0.116. The highest BCUT2D eigenvalue weighted by Crippen LogP contribution is 2.15. The maximum Gasteiger partial charge on any atom is 0.0682 e. The molecule has 1 heteroatoms. The number of rotatable bonds is 1. The molecule has 0 radical (unpaired) electrons. The third-order valence-corrected chi connectivity index (χ3v) is 2.00. The summed E-state index contributed by atoms with van der Waals surface area (Å²) in [5.74, 6) is 0. The minimum absolute atomic E-state index is 0.116. The van der Waals surface area contributed by atoms with Gasteiger partial charge in [-0.25, -0.2) is 0 Å². The average Bonchev–Trinajstić information content (AvgIpc) is 2.17. The summed E-state index contributed by atoms with van der Waals surface area (Å²) in [5, 5.41) is 11.3. The standard InChI is InChI=1S/C11H10O/c12-8-9-5-6-10-3-1-2-4-11(10)7-9/h1-7,12H,8H2. The van der Waals surface area contributed by atoms with Crippen LogP contribution in [0.4, 0.5) is 0 Å². The van der Waals surface area contributed by atoms with Gasteiger partial charge in [0, 0.05) is 0 Å². The molecule has 2 aromatic rings. The fourth-order valence-electron chi connectivity index (χ4n) is 1.34. The van der Waals surface area contributed by atoms with Gasteiger partial charge < -0.3 is 5.11 Å². The molecule has 0 saturated carbocycles. The van der Waals surface area contributed by atoms with Gasteiger partial charge in [0.05, 0.1) is 6.61 Å². The van der Waals surface area contributed by atoms with E-state index < -0.39 is 0 Å². The quantitative estimate of drug-likeness (QED) is 0.675. The van der Waals surface area contributed by atoms with Crippen LogP contribution in [0.2, 0.25) is 0 Å². The minimum Gasteiger partial charge on any atom is -0.392 e. The first kappa shape index (κ1) is 7.32. The van der Waals surface area contributed by atoms with Crippen molar-refractivity contribution in [3.05, 3.63) is 48.0 Å². The van der Waals surface area contributed by atoms with Crippen molar-refractivity contribution < 1.29 is 5.11 Å². The van der Waals surface area contributed by atoms with Gasteiger partial charge in [-0.3, -0.25) is 0 Å². The van der Waals surface area contributed by atoms with Crippen molar-refractivity contribution in [1.29, 1.82) is 0 Å². The SMILES string of the molecule is OCc1ccc2ccccc2c1. The van der Waals surface area contributed by atoms with Crippen molar-refractivity contribution >= 4 is 10.8 Å². The fourth-order valence-corrected chi connectivity index (χ4v) is 1.34. The Morgan fingerprint density at radius 3 is 2.42 bits per heavy atom. The highest BCUT2D eigenvalue weighted by atomic mass is 16.3. The summed E-state index contributed by atoms with van der Waals surface area (Å²) in [4.78, 5) is 0. The van der Waals surface area contributed by atoms with Gasteiger partial charge in [-0.05, 0) is 22.4 Å². The van der Waals surface area contributed by atoms with E-state index >= 15 is 0 Å². The Labute approximate surface area is 71.3 Å². The van der Waals surface area contributed by atoms with Crippen LogP contribution in [0.15, 0.2) is 42.5 Å². The summed E-state index contributed by atoms with van der Waals surface area (Å²) in [6.45, 7) is 0.116. The van der Waals surface area contributed by atoms with Crippen molar-refractivity contribution in [1.82, 2.24) is 0 Å². The number of hydrogen-bond donors (Lipinski definition) is 1. The maximum absolute atomic E-state index is 8.90. The van der Waals surface area contributed by atoms with Gasteiger partial charge in [0.1, 0.15) is 0 Å². The number of benzene rings is 2. The van der Waals surface area contributed by atoms with Crippen LogP contribution < -0.4 is 0 Å². The molecule has 0 aliphatic carbocycles. The van der Waals surface area contributed by atoms with Gasteiger partial charge in [-0.2, -0.15) is 0 Å². The van der Waals surface area contributed by atoms with Crippen LogP contribution in [0, 0.1) is 0 Å². The van der Waals surface area contributed by atoms with Crippen LogP contribution in [0.5, 0.6) is 0 Å². The Hall–Kier alpha value is -1.34. The van der Waals surface area contributed by atoms with Gasteiger partial charge in [0.25, 0.3) is 0 Å². The monoisotopic (exact) mass is 158 g/mol. The molecule has 12 heavy (non-hydrogen) atoms. The molecule has 0 unspecified atom stereocenters. The molecule has 0 atom stereocenters. The number of hydrogen-bond acceptors (Lipinski definition) is 1. The van der Waals surface area contributed by atoms with Crippen LogP contribution >= 0.6 is 0 Å². The third kappa shape index (κ3) is 1.19. The summed E-state index contributed by atoms with van der Waals surface area (Å²) in [7, 11) is 0. The lowest BCUT2D eigenvalue weighted by atomic mass is 10.1. The summed E-state index contributed by atoms with van der Waals surface area (Å²) >= 11 is 0. The molecular weight excluding hydrogens is 148 g/mol. The van der Waals surface area contributed by atoms with Crippen molar-refractivity contribution in [2.75, 3.05) is 0 Å².